The van der Waals surface area contributed by atoms with Gasteiger partial charge in [-0.05, 0) is 55.3 Å². The third kappa shape index (κ3) is 5.55. The van der Waals surface area contributed by atoms with Gasteiger partial charge >= 0.3 is 5.97 Å². The number of ether oxygens (including phenoxy) is 1. The molecule has 1 aromatic heterocycles. The van der Waals surface area contributed by atoms with Crippen LogP contribution in [-0.2, 0) is 9.53 Å². The number of aromatic nitrogens is 1. The second-order valence-electron chi connectivity index (χ2n) is 4.67. The van der Waals surface area contributed by atoms with E-state index in [1.165, 1.54) is 11.8 Å². The number of aryl methyl sites for hydroxylation is 1. The number of thioether (sulfide) groups is 1. The fourth-order valence-corrected chi connectivity index (χ4v) is 2.57. The number of halogens is 1. The van der Waals surface area contributed by atoms with Crippen LogP contribution in [0, 0.1) is 6.92 Å². The first-order valence-electron chi connectivity index (χ1n) is 5.25. The van der Waals surface area contributed by atoms with E-state index in [1.54, 1.807) is 6.20 Å². The Morgan fingerprint density at radius 1 is 1.53 bits per heavy atom. The lowest BCUT2D eigenvalue weighted by molar-refractivity contribution is -0.151. The van der Waals surface area contributed by atoms with Gasteiger partial charge < -0.3 is 4.74 Å². The number of hydrogen-bond acceptors (Lipinski definition) is 4. The smallest absolute Gasteiger partial charge is 0.316 e. The highest BCUT2D eigenvalue weighted by Crippen LogP contribution is 2.26. The van der Waals surface area contributed by atoms with Crippen LogP contribution in [0.4, 0.5) is 0 Å². The molecule has 0 bridgehead atoms. The van der Waals surface area contributed by atoms with E-state index in [0.717, 1.165) is 15.1 Å². The highest BCUT2D eigenvalue weighted by atomic mass is 79.9. The van der Waals surface area contributed by atoms with Crippen LogP contribution in [0.1, 0.15) is 26.3 Å². The summed E-state index contributed by atoms with van der Waals surface area (Å²) in [7, 11) is 0. The summed E-state index contributed by atoms with van der Waals surface area (Å²) in [5.74, 6) is 0.0446. The number of rotatable bonds is 3. The van der Waals surface area contributed by atoms with Gasteiger partial charge in [-0.2, -0.15) is 0 Å². The molecular weight excluding hydrogens is 302 g/mol. The summed E-state index contributed by atoms with van der Waals surface area (Å²) in [6.07, 6.45) is 1.78. The van der Waals surface area contributed by atoms with E-state index in [9.17, 15) is 4.79 Å². The van der Waals surface area contributed by atoms with Gasteiger partial charge in [0.05, 0.1) is 10.2 Å². The molecule has 5 heteroatoms. The standard InChI is InChI=1S/C12H16BrNO2S/c1-8-5-9(13)11(14-6-8)17-7-10(15)16-12(2,3)4/h5-6H,7H2,1-4H3. The molecule has 0 spiro atoms. The molecule has 0 aliphatic heterocycles. The van der Waals surface area contributed by atoms with Crippen molar-refractivity contribution in [3.05, 3.63) is 22.3 Å². The van der Waals surface area contributed by atoms with E-state index in [1.807, 2.05) is 33.8 Å². The molecule has 1 aromatic rings. The quantitative estimate of drug-likeness (QED) is 0.631. The number of nitrogens with zero attached hydrogens (tertiary/aromatic N) is 1. The summed E-state index contributed by atoms with van der Waals surface area (Å²) in [5, 5.41) is 0.807. The Labute approximate surface area is 114 Å². The topological polar surface area (TPSA) is 39.2 Å². The molecule has 3 nitrogen and oxygen atoms in total. The Balaban J connectivity index is 2.53. The van der Waals surface area contributed by atoms with Crippen molar-refractivity contribution in [1.82, 2.24) is 4.98 Å². The molecule has 0 N–H and O–H groups in total. The molecule has 94 valence electrons. The molecule has 0 aliphatic carbocycles. The van der Waals surface area contributed by atoms with Gasteiger partial charge in [0.25, 0.3) is 0 Å². The first kappa shape index (κ1) is 14.5. The van der Waals surface area contributed by atoms with Gasteiger partial charge in [0.2, 0.25) is 0 Å². The zero-order chi connectivity index (χ0) is 13.1. The highest BCUT2D eigenvalue weighted by Gasteiger charge is 2.16. The molecule has 1 rings (SSSR count). The van der Waals surface area contributed by atoms with Crippen molar-refractivity contribution in [2.75, 3.05) is 5.75 Å². The van der Waals surface area contributed by atoms with E-state index < -0.39 is 5.60 Å². The lowest BCUT2D eigenvalue weighted by Crippen LogP contribution is -2.24. The third-order valence-electron chi connectivity index (χ3n) is 1.69. The van der Waals surface area contributed by atoms with Gasteiger partial charge in [-0.1, -0.05) is 11.8 Å². The van der Waals surface area contributed by atoms with Crippen LogP contribution < -0.4 is 0 Å². The van der Waals surface area contributed by atoms with Crippen LogP contribution in [0.25, 0.3) is 0 Å². The number of esters is 1. The molecule has 0 amide bonds. The van der Waals surface area contributed by atoms with Gasteiger partial charge in [-0.15, -0.1) is 0 Å². The first-order chi connectivity index (χ1) is 7.78. The Morgan fingerprint density at radius 2 is 2.18 bits per heavy atom. The minimum atomic E-state index is -0.435. The van der Waals surface area contributed by atoms with Gasteiger partial charge in [0, 0.05) is 6.20 Å². The second kappa shape index (κ2) is 5.87. The fraction of sp³-hybridized carbons (Fsp3) is 0.500. The van der Waals surface area contributed by atoms with E-state index in [4.69, 9.17) is 4.74 Å². The van der Waals surface area contributed by atoms with Crippen LogP contribution in [0.2, 0.25) is 0 Å². The molecule has 0 unspecified atom stereocenters. The minimum absolute atomic E-state index is 0.225. The van der Waals surface area contributed by atoms with Crippen LogP contribution in [0.3, 0.4) is 0 Å². The summed E-state index contributed by atoms with van der Waals surface area (Å²) < 4.78 is 6.13. The van der Waals surface area contributed by atoms with Gasteiger partial charge in [0.15, 0.2) is 0 Å². The van der Waals surface area contributed by atoms with E-state index in [0.29, 0.717) is 0 Å². The van der Waals surface area contributed by atoms with Crippen molar-refractivity contribution in [2.24, 2.45) is 0 Å². The Bertz CT molecular complexity index is 415. The molecule has 0 fully saturated rings. The maximum absolute atomic E-state index is 11.5. The summed E-state index contributed by atoms with van der Waals surface area (Å²) >= 11 is 4.80. The molecule has 0 atom stereocenters. The van der Waals surface area contributed by atoms with Crippen molar-refractivity contribution >= 4 is 33.7 Å². The van der Waals surface area contributed by atoms with Crippen molar-refractivity contribution in [3.63, 3.8) is 0 Å². The zero-order valence-corrected chi connectivity index (χ0v) is 12.8. The summed E-state index contributed by atoms with van der Waals surface area (Å²) in [6, 6.07) is 1.98. The first-order valence-corrected chi connectivity index (χ1v) is 7.02. The van der Waals surface area contributed by atoms with E-state index in [-0.39, 0.29) is 11.7 Å². The molecule has 0 aliphatic rings. The molecule has 17 heavy (non-hydrogen) atoms. The van der Waals surface area contributed by atoms with Gasteiger partial charge in [0.1, 0.15) is 10.6 Å². The van der Waals surface area contributed by atoms with Gasteiger partial charge in [-0.25, -0.2) is 4.98 Å². The highest BCUT2D eigenvalue weighted by molar-refractivity contribution is 9.10. The Morgan fingerprint density at radius 3 is 2.71 bits per heavy atom. The predicted octanol–water partition coefficient (Wildman–Crippen LogP) is 3.59. The van der Waals surface area contributed by atoms with Crippen molar-refractivity contribution in [3.8, 4) is 0 Å². The SMILES string of the molecule is Cc1cnc(SCC(=O)OC(C)(C)C)c(Br)c1. The van der Waals surface area contributed by atoms with Crippen LogP contribution >= 0.6 is 27.7 Å². The third-order valence-corrected chi connectivity index (χ3v) is 3.54. The van der Waals surface area contributed by atoms with E-state index >= 15 is 0 Å². The average Bonchev–Trinajstić information content (AvgIpc) is 2.13. The van der Waals surface area contributed by atoms with Crippen molar-refractivity contribution < 1.29 is 9.53 Å². The summed E-state index contributed by atoms with van der Waals surface area (Å²) in [4.78, 5) is 15.8. The zero-order valence-electron chi connectivity index (χ0n) is 10.4. The largest absolute Gasteiger partial charge is 0.459 e. The number of carbonyl (C=O) groups excluding carboxylic acids is 1. The molecule has 1 heterocycles. The van der Waals surface area contributed by atoms with Crippen LogP contribution in [0.15, 0.2) is 21.8 Å². The number of hydrogen-bond donors (Lipinski definition) is 0. The Kier molecular flexibility index (Phi) is 5.01. The molecule has 0 saturated carbocycles. The van der Waals surface area contributed by atoms with Crippen molar-refractivity contribution in [2.45, 2.75) is 38.3 Å². The lowest BCUT2D eigenvalue weighted by Gasteiger charge is -2.19. The van der Waals surface area contributed by atoms with Crippen LogP contribution in [-0.4, -0.2) is 22.3 Å². The number of pyridine rings is 1. The Hall–Kier alpha value is -0.550. The molecule has 0 radical (unpaired) electrons. The minimum Gasteiger partial charge on any atom is -0.459 e. The van der Waals surface area contributed by atoms with Crippen LogP contribution in [0.5, 0.6) is 0 Å². The maximum Gasteiger partial charge on any atom is 0.316 e. The second-order valence-corrected chi connectivity index (χ2v) is 6.49. The monoisotopic (exact) mass is 317 g/mol. The lowest BCUT2D eigenvalue weighted by atomic mass is 10.2. The summed E-state index contributed by atoms with van der Waals surface area (Å²) in [6.45, 7) is 7.54. The predicted molar refractivity (Wildman–Crippen MR) is 73.2 cm³/mol. The molecule has 0 saturated heterocycles. The van der Waals surface area contributed by atoms with E-state index in [2.05, 4.69) is 20.9 Å². The summed E-state index contributed by atoms with van der Waals surface area (Å²) in [5.41, 5.74) is 0.647. The number of carbonyl (C=O) groups is 1. The van der Waals surface area contributed by atoms with Gasteiger partial charge in [-0.3, -0.25) is 4.79 Å². The van der Waals surface area contributed by atoms with Crippen molar-refractivity contribution in [1.29, 1.82) is 0 Å². The average molecular weight is 318 g/mol. The maximum atomic E-state index is 11.5. The molecular formula is C12H16BrNO2S. The normalized spacial score (nSPS) is 11.4. The fourth-order valence-electron chi connectivity index (χ4n) is 1.13. The molecule has 0 aromatic carbocycles.